The predicted octanol–water partition coefficient (Wildman–Crippen LogP) is 4.86. The van der Waals surface area contributed by atoms with Gasteiger partial charge in [-0.2, -0.15) is 4.72 Å². The first-order valence-corrected chi connectivity index (χ1v) is 14.5. The summed E-state index contributed by atoms with van der Waals surface area (Å²) < 4.78 is 38.1. The summed E-state index contributed by atoms with van der Waals surface area (Å²) in [5.74, 6) is 3.62. The Kier molecular flexibility index (Phi) is 11.2. The van der Waals surface area contributed by atoms with Crippen LogP contribution in [-0.4, -0.2) is 46.0 Å². The van der Waals surface area contributed by atoms with Crippen LogP contribution in [-0.2, 0) is 34.2 Å². The van der Waals surface area contributed by atoms with Crippen LogP contribution >= 0.6 is 11.6 Å². The fourth-order valence-corrected chi connectivity index (χ4v) is 5.00. The molecule has 0 aliphatic carbocycles. The molecular weight excluding hydrogens is 536 g/mol. The van der Waals surface area contributed by atoms with Gasteiger partial charge in [-0.05, 0) is 66.4 Å². The van der Waals surface area contributed by atoms with Crippen molar-refractivity contribution >= 4 is 27.5 Å². The smallest absolute Gasteiger partial charge is 0.241 e. The van der Waals surface area contributed by atoms with Crippen LogP contribution in [0.2, 0.25) is 5.02 Å². The van der Waals surface area contributed by atoms with Gasteiger partial charge in [0.1, 0.15) is 11.5 Å². The van der Waals surface area contributed by atoms with E-state index < -0.39 is 10.0 Å². The molecular formula is C30H33ClN2O5S. The molecule has 3 aromatic carbocycles. The maximum Gasteiger partial charge on any atom is 0.241 e. The molecule has 0 spiro atoms. The van der Waals surface area contributed by atoms with Crippen LogP contribution in [0.1, 0.15) is 30.0 Å². The van der Waals surface area contributed by atoms with Crippen molar-refractivity contribution in [2.45, 2.75) is 37.6 Å². The molecule has 0 fully saturated rings. The number of amides is 1. The Morgan fingerprint density at radius 3 is 2.38 bits per heavy atom. The highest BCUT2D eigenvalue weighted by molar-refractivity contribution is 7.89. The van der Waals surface area contributed by atoms with Crippen molar-refractivity contribution in [2.75, 3.05) is 26.8 Å². The van der Waals surface area contributed by atoms with Crippen molar-refractivity contribution in [1.29, 1.82) is 0 Å². The van der Waals surface area contributed by atoms with E-state index in [-0.39, 0.29) is 23.8 Å². The van der Waals surface area contributed by atoms with Crippen molar-refractivity contribution < 1.29 is 22.7 Å². The lowest BCUT2D eigenvalue weighted by Gasteiger charge is -2.25. The number of carbonyl (C=O) groups is 1. The van der Waals surface area contributed by atoms with Crippen LogP contribution in [0.25, 0.3) is 0 Å². The first kappa shape index (κ1) is 30.0. The minimum atomic E-state index is -3.67. The molecule has 0 saturated heterocycles. The molecule has 0 saturated carbocycles. The summed E-state index contributed by atoms with van der Waals surface area (Å²) in [7, 11) is -2.08. The Bertz CT molecular complexity index is 1380. The van der Waals surface area contributed by atoms with Crippen molar-refractivity contribution in [3.05, 3.63) is 88.4 Å². The van der Waals surface area contributed by atoms with E-state index in [0.717, 1.165) is 28.9 Å². The zero-order valence-electron chi connectivity index (χ0n) is 22.2. The van der Waals surface area contributed by atoms with Crippen LogP contribution in [0.15, 0.2) is 71.6 Å². The van der Waals surface area contributed by atoms with E-state index in [0.29, 0.717) is 36.9 Å². The molecule has 0 bridgehead atoms. The number of halogens is 1. The average Bonchev–Trinajstić information content (AvgIpc) is 2.94. The SMILES string of the molecule is C#CCNS(=O)(=O)c1ccc(CCN(Cc2cc(Cl)ccc2OCCC)C(=O)Cc2ccc(OC)cc2)cc1. The number of nitrogens with zero attached hydrogens (tertiary/aromatic N) is 1. The molecule has 7 nitrogen and oxygen atoms in total. The van der Waals surface area contributed by atoms with Crippen LogP contribution in [0.5, 0.6) is 11.5 Å². The topological polar surface area (TPSA) is 84.9 Å². The summed E-state index contributed by atoms with van der Waals surface area (Å²) in [5.41, 5.74) is 2.58. The maximum absolute atomic E-state index is 13.5. The second-order valence-electron chi connectivity index (χ2n) is 8.86. The zero-order valence-corrected chi connectivity index (χ0v) is 23.7. The van der Waals surface area contributed by atoms with Crippen molar-refractivity contribution in [3.8, 4) is 23.8 Å². The van der Waals surface area contributed by atoms with Crippen LogP contribution in [0.3, 0.4) is 0 Å². The van der Waals surface area contributed by atoms with Gasteiger partial charge in [-0.25, -0.2) is 8.42 Å². The van der Waals surface area contributed by atoms with Gasteiger partial charge in [0, 0.05) is 23.7 Å². The molecule has 0 aromatic heterocycles. The Labute approximate surface area is 236 Å². The number of terminal acetylenes is 1. The summed E-state index contributed by atoms with van der Waals surface area (Å²) in [6.45, 7) is 3.23. The molecule has 0 atom stereocenters. The minimum Gasteiger partial charge on any atom is -0.497 e. The highest BCUT2D eigenvalue weighted by Gasteiger charge is 2.18. The van der Waals surface area contributed by atoms with Gasteiger partial charge in [-0.1, -0.05) is 48.7 Å². The first-order chi connectivity index (χ1) is 18.7. The van der Waals surface area contributed by atoms with E-state index in [4.69, 9.17) is 27.5 Å². The standard InChI is InChI=1S/C30H33ClN2O5S/c1-4-17-32-39(35,36)28-13-8-23(9-14-28)16-18-33(30(34)20-24-6-11-27(37-3)12-7-24)22-25-21-26(31)10-15-29(25)38-19-5-2/h1,6-15,21,32H,5,16-20,22H2,2-3H3. The van der Waals surface area contributed by atoms with Crippen LogP contribution < -0.4 is 14.2 Å². The van der Waals surface area contributed by atoms with E-state index in [1.165, 1.54) is 12.1 Å². The van der Waals surface area contributed by atoms with Gasteiger partial charge in [-0.3, -0.25) is 4.79 Å². The number of methoxy groups -OCH3 is 1. The van der Waals surface area contributed by atoms with Gasteiger partial charge >= 0.3 is 0 Å². The van der Waals surface area contributed by atoms with Crippen LogP contribution in [0.4, 0.5) is 0 Å². The first-order valence-electron chi connectivity index (χ1n) is 12.6. The average molecular weight is 569 g/mol. The Balaban J connectivity index is 1.80. The lowest BCUT2D eigenvalue weighted by molar-refractivity contribution is -0.131. The zero-order chi connectivity index (χ0) is 28.3. The predicted molar refractivity (Wildman–Crippen MR) is 154 cm³/mol. The number of hydrogen-bond acceptors (Lipinski definition) is 5. The van der Waals surface area contributed by atoms with Crippen molar-refractivity contribution in [1.82, 2.24) is 9.62 Å². The van der Waals surface area contributed by atoms with Crippen molar-refractivity contribution in [2.24, 2.45) is 0 Å². The molecule has 3 aromatic rings. The summed E-state index contributed by atoms with van der Waals surface area (Å²) in [6.07, 6.45) is 6.75. The van der Waals surface area contributed by atoms with Gasteiger partial charge in [0.15, 0.2) is 0 Å². The normalized spacial score (nSPS) is 11.0. The lowest BCUT2D eigenvalue weighted by Crippen LogP contribution is -2.34. The van der Waals surface area contributed by atoms with Gasteiger partial charge in [0.2, 0.25) is 15.9 Å². The lowest BCUT2D eigenvalue weighted by atomic mass is 10.1. The molecule has 0 aliphatic heterocycles. The number of nitrogens with one attached hydrogen (secondary N) is 1. The summed E-state index contributed by atoms with van der Waals surface area (Å²) in [5, 5.41) is 0.562. The van der Waals surface area contributed by atoms with E-state index in [1.54, 1.807) is 30.2 Å². The molecule has 0 aliphatic rings. The molecule has 39 heavy (non-hydrogen) atoms. The van der Waals surface area contributed by atoms with E-state index in [1.807, 2.05) is 43.3 Å². The third kappa shape index (κ3) is 9.03. The molecule has 3 rings (SSSR count). The van der Waals surface area contributed by atoms with Gasteiger partial charge in [-0.15, -0.1) is 6.42 Å². The number of benzene rings is 3. The highest BCUT2D eigenvalue weighted by Crippen LogP contribution is 2.25. The number of hydrogen-bond donors (Lipinski definition) is 1. The maximum atomic E-state index is 13.5. The third-order valence-electron chi connectivity index (χ3n) is 5.98. The fourth-order valence-electron chi connectivity index (χ4n) is 3.87. The number of carbonyl (C=O) groups excluding carboxylic acids is 1. The summed E-state index contributed by atoms with van der Waals surface area (Å²) in [6, 6.07) is 19.4. The molecule has 0 heterocycles. The Morgan fingerprint density at radius 1 is 1.05 bits per heavy atom. The van der Waals surface area contributed by atoms with Gasteiger partial charge in [0.25, 0.3) is 0 Å². The quantitative estimate of drug-likeness (QED) is 0.281. The van der Waals surface area contributed by atoms with Crippen molar-refractivity contribution in [3.63, 3.8) is 0 Å². The molecule has 0 unspecified atom stereocenters. The fraction of sp³-hybridized carbons (Fsp3) is 0.300. The molecule has 1 amide bonds. The van der Waals surface area contributed by atoms with E-state index in [9.17, 15) is 13.2 Å². The number of sulfonamides is 1. The second-order valence-corrected chi connectivity index (χ2v) is 11.1. The summed E-state index contributed by atoms with van der Waals surface area (Å²) in [4.78, 5) is 15.4. The van der Waals surface area contributed by atoms with Gasteiger partial charge < -0.3 is 14.4 Å². The van der Waals surface area contributed by atoms with E-state index >= 15 is 0 Å². The number of ether oxygens (including phenoxy) is 2. The minimum absolute atomic E-state index is 0.0562. The molecule has 1 N–H and O–H groups in total. The van der Waals surface area contributed by atoms with Gasteiger partial charge in [0.05, 0.1) is 31.6 Å². The van der Waals surface area contributed by atoms with Crippen LogP contribution in [0, 0.1) is 12.3 Å². The Morgan fingerprint density at radius 2 is 1.74 bits per heavy atom. The summed E-state index contributed by atoms with van der Waals surface area (Å²) >= 11 is 6.29. The number of rotatable bonds is 14. The van der Waals surface area contributed by atoms with E-state index in [2.05, 4.69) is 10.6 Å². The Hall–Kier alpha value is -3.51. The molecule has 206 valence electrons. The second kappa shape index (κ2) is 14.6. The molecule has 0 radical (unpaired) electrons. The largest absolute Gasteiger partial charge is 0.497 e. The third-order valence-corrected chi connectivity index (χ3v) is 7.63. The highest BCUT2D eigenvalue weighted by atomic mass is 35.5. The molecule has 9 heteroatoms. The monoisotopic (exact) mass is 568 g/mol.